The van der Waals surface area contributed by atoms with E-state index in [9.17, 15) is 0 Å². The molecule has 24 heavy (non-hydrogen) atoms. The highest BCUT2D eigenvalue weighted by Gasteiger charge is 2.17. The first-order chi connectivity index (χ1) is 11.4. The number of aryl methyl sites for hydroxylation is 1. The van der Waals surface area contributed by atoms with Gasteiger partial charge in [0, 0.05) is 51.6 Å². The largest absolute Gasteiger partial charge is 0.481 e. The van der Waals surface area contributed by atoms with E-state index in [-0.39, 0.29) is 0 Å². The molecular formula is C18H29N5O. The van der Waals surface area contributed by atoms with E-state index >= 15 is 0 Å². The first-order valence-corrected chi connectivity index (χ1v) is 8.35. The molecule has 0 aliphatic rings. The molecule has 0 atom stereocenters. The average Bonchev–Trinajstić information content (AvgIpc) is 2.83. The second kappa shape index (κ2) is 8.15. The fourth-order valence-corrected chi connectivity index (χ4v) is 2.76. The van der Waals surface area contributed by atoms with E-state index < -0.39 is 0 Å². The number of rotatable bonds is 8. The lowest BCUT2D eigenvalue weighted by molar-refractivity contribution is 0.397. The maximum atomic E-state index is 5.09. The summed E-state index contributed by atoms with van der Waals surface area (Å²) in [6, 6.07) is 3.91. The van der Waals surface area contributed by atoms with E-state index in [1.807, 2.05) is 18.3 Å². The zero-order valence-corrected chi connectivity index (χ0v) is 15.6. The van der Waals surface area contributed by atoms with Crippen LogP contribution in [-0.2, 0) is 19.6 Å². The second-order valence-corrected chi connectivity index (χ2v) is 6.67. The molecule has 2 heterocycles. The highest BCUT2D eigenvalue weighted by Crippen LogP contribution is 2.23. The van der Waals surface area contributed by atoms with Crippen LogP contribution in [0.4, 0.5) is 5.82 Å². The number of nitrogens with one attached hydrogen (secondary N) is 1. The number of ether oxygens (including phenoxy) is 1. The molecule has 2 aromatic rings. The van der Waals surface area contributed by atoms with Crippen LogP contribution in [0.25, 0.3) is 0 Å². The Morgan fingerprint density at radius 3 is 2.54 bits per heavy atom. The van der Waals surface area contributed by atoms with Gasteiger partial charge in [0.25, 0.3) is 0 Å². The summed E-state index contributed by atoms with van der Waals surface area (Å²) < 4.78 is 7.20. The van der Waals surface area contributed by atoms with Crippen molar-refractivity contribution in [1.82, 2.24) is 20.1 Å². The Morgan fingerprint density at radius 2 is 2.00 bits per heavy atom. The van der Waals surface area contributed by atoms with Gasteiger partial charge in [-0.15, -0.1) is 0 Å². The molecule has 0 fully saturated rings. The fraction of sp³-hybridized carbons (Fsp3) is 0.556. The fourth-order valence-electron chi connectivity index (χ4n) is 2.76. The molecule has 6 nitrogen and oxygen atoms in total. The highest BCUT2D eigenvalue weighted by atomic mass is 16.5. The lowest BCUT2D eigenvalue weighted by atomic mass is 10.2. The zero-order chi connectivity index (χ0) is 17.7. The molecule has 0 amide bonds. The zero-order valence-electron chi connectivity index (χ0n) is 15.6. The molecular weight excluding hydrogens is 302 g/mol. The van der Waals surface area contributed by atoms with Crippen molar-refractivity contribution in [1.29, 1.82) is 0 Å². The number of pyridine rings is 1. The first kappa shape index (κ1) is 18.3. The van der Waals surface area contributed by atoms with Gasteiger partial charge in [0.1, 0.15) is 5.82 Å². The van der Waals surface area contributed by atoms with Crippen molar-refractivity contribution < 1.29 is 4.74 Å². The molecule has 6 heteroatoms. The minimum Gasteiger partial charge on any atom is -0.481 e. The van der Waals surface area contributed by atoms with E-state index in [1.54, 1.807) is 7.11 Å². The Kier molecular flexibility index (Phi) is 6.20. The lowest BCUT2D eigenvalue weighted by Gasteiger charge is -2.18. The van der Waals surface area contributed by atoms with Gasteiger partial charge in [0.2, 0.25) is 5.88 Å². The molecule has 132 valence electrons. The Balaban J connectivity index is 2.06. The summed E-state index contributed by atoms with van der Waals surface area (Å²) in [5, 5.41) is 8.22. The third kappa shape index (κ3) is 4.47. The van der Waals surface area contributed by atoms with Crippen molar-refractivity contribution in [3.8, 4) is 5.88 Å². The maximum absolute atomic E-state index is 5.09. The number of hydrogen-bond acceptors (Lipinski definition) is 5. The van der Waals surface area contributed by atoms with Gasteiger partial charge in [-0.05, 0) is 18.4 Å². The summed E-state index contributed by atoms with van der Waals surface area (Å²) in [7, 11) is 5.77. The van der Waals surface area contributed by atoms with Crippen molar-refractivity contribution in [2.45, 2.75) is 40.4 Å². The van der Waals surface area contributed by atoms with Crippen LogP contribution < -0.4 is 15.0 Å². The number of anilines is 1. The van der Waals surface area contributed by atoms with Gasteiger partial charge in [-0.1, -0.05) is 19.9 Å². The van der Waals surface area contributed by atoms with Gasteiger partial charge in [-0.3, -0.25) is 0 Å². The SMILES string of the molecule is COc1ccc(CNCc2c(C)nn(CC(C)C)c2N(C)C)cn1. The molecule has 0 spiro atoms. The van der Waals surface area contributed by atoms with Gasteiger partial charge in [0.15, 0.2) is 0 Å². The van der Waals surface area contributed by atoms with E-state index in [4.69, 9.17) is 9.84 Å². The second-order valence-electron chi connectivity index (χ2n) is 6.67. The van der Waals surface area contributed by atoms with Gasteiger partial charge >= 0.3 is 0 Å². The van der Waals surface area contributed by atoms with Gasteiger partial charge in [-0.25, -0.2) is 9.67 Å². The third-order valence-electron chi connectivity index (χ3n) is 3.82. The minimum absolute atomic E-state index is 0.564. The van der Waals surface area contributed by atoms with Crippen LogP contribution in [-0.4, -0.2) is 36.0 Å². The summed E-state index contributed by atoms with van der Waals surface area (Å²) in [5.74, 6) is 2.38. The van der Waals surface area contributed by atoms with Gasteiger partial charge in [0.05, 0.1) is 12.8 Å². The van der Waals surface area contributed by atoms with Crippen LogP contribution >= 0.6 is 0 Å². The van der Waals surface area contributed by atoms with Crippen LogP contribution in [0.15, 0.2) is 18.3 Å². The summed E-state index contributed by atoms with van der Waals surface area (Å²) in [4.78, 5) is 6.38. The Labute approximate surface area is 144 Å². The van der Waals surface area contributed by atoms with Gasteiger partial charge in [-0.2, -0.15) is 5.10 Å². The molecule has 0 unspecified atom stereocenters. The van der Waals surface area contributed by atoms with Crippen molar-refractivity contribution in [3.05, 3.63) is 35.2 Å². The molecule has 2 rings (SSSR count). The maximum Gasteiger partial charge on any atom is 0.212 e. The Bertz CT molecular complexity index is 646. The summed E-state index contributed by atoms with van der Waals surface area (Å²) >= 11 is 0. The molecule has 0 saturated carbocycles. The number of methoxy groups -OCH3 is 1. The van der Waals surface area contributed by atoms with Crippen LogP contribution in [0.1, 0.15) is 30.7 Å². The minimum atomic E-state index is 0.564. The van der Waals surface area contributed by atoms with Crippen molar-refractivity contribution in [2.24, 2.45) is 5.92 Å². The molecule has 0 aliphatic carbocycles. The van der Waals surface area contributed by atoms with Crippen molar-refractivity contribution >= 4 is 5.82 Å². The van der Waals surface area contributed by atoms with E-state index in [0.717, 1.165) is 30.9 Å². The number of hydrogen-bond donors (Lipinski definition) is 1. The molecule has 0 bridgehead atoms. The van der Waals surface area contributed by atoms with Crippen molar-refractivity contribution in [3.63, 3.8) is 0 Å². The third-order valence-corrected chi connectivity index (χ3v) is 3.82. The molecule has 2 aromatic heterocycles. The van der Waals surface area contributed by atoms with E-state index in [2.05, 4.69) is 54.7 Å². The average molecular weight is 331 g/mol. The predicted molar refractivity (Wildman–Crippen MR) is 97.5 cm³/mol. The van der Waals surface area contributed by atoms with Crippen molar-refractivity contribution in [2.75, 3.05) is 26.1 Å². The van der Waals surface area contributed by atoms with Crippen LogP contribution in [0.5, 0.6) is 5.88 Å². The van der Waals surface area contributed by atoms with E-state index in [1.165, 1.54) is 11.4 Å². The van der Waals surface area contributed by atoms with Crippen LogP contribution in [0.3, 0.4) is 0 Å². The molecule has 0 aliphatic heterocycles. The monoisotopic (exact) mass is 331 g/mol. The predicted octanol–water partition coefficient (Wildman–Crippen LogP) is 2.61. The van der Waals surface area contributed by atoms with Crippen LogP contribution in [0.2, 0.25) is 0 Å². The standard InChI is InChI=1S/C18H29N5O/c1-13(2)12-23-18(22(4)5)16(14(3)21-23)11-19-9-15-7-8-17(24-6)20-10-15/h7-8,10,13,19H,9,11-12H2,1-6H3. The molecule has 1 N–H and O–H groups in total. The first-order valence-electron chi connectivity index (χ1n) is 8.35. The summed E-state index contributed by atoms with van der Waals surface area (Å²) in [6.07, 6.45) is 1.84. The van der Waals surface area contributed by atoms with Gasteiger partial charge < -0.3 is 15.0 Å². The summed E-state index contributed by atoms with van der Waals surface area (Å²) in [6.45, 7) is 8.98. The molecule has 0 radical (unpaired) electrons. The lowest BCUT2D eigenvalue weighted by Crippen LogP contribution is -2.20. The molecule has 0 saturated heterocycles. The summed E-state index contributed by atoms with van der Waals surface area (Å²) in [5.41, 5.74) is 3.47. The normalized spacial score (nSPS) is 11.1. The number of aromatic nitrogens is 3. The number of nitrogens with zero attached hydrogens (tertiary/aromatic N) is 4. The van der Waals surface area contributed by atoms with E-state index in [0.29, 0.717) is 11.8 Å². The highest BCUT2D eigenvalue weighted by molar-refractivity contribution is 5.49. The Hall–Kier alpha value is -2.08. The van der Waals surface area contributed by atoms with Crippen LogP contribution in [0, 0.1) is 12.8 Å². The quantitative estimate of drug-likeness (QED) is 0.806. The topological polar surface area (TPSA) is 55.2 Å². The smallest absolute Gasteiger partial charge is 0.212 e. The molecule has 0 aromatic carbocycles. The Morgan fingerprint density at radius 1 is 1.25 bits per heavy atom.